The number of benzene rings is 1. The number of aryl methyl sites for hydroxylation is 1. The third-order valence-electron chi connectivity index (χ3n) is 5.39. The molecule has 0 bridgehead atoms. The monoisotopic (exact) mass is 401 g/mol. The van der Waals surface area contributed by atoms with Crippen molar-refractivity contribution in [3.8, 4) is 5.75 Å². The van der Waals surface area contributed by atoms with Crippen molar-refractivity contribution in [3.05, 3.63) is 42.5 Å². The number of piperazine rings is 1. The molecule has 0 saturated carbocycles. The fourth-order valence-electron chi connectivity index (χ4n) is 3.78. The number of carboxylic acid groups (broad SMARTS) is 1. The molecule has 158 valence electrons. The molecule has 1 aromatic heterocycles. The van der Waals surface area contributed by atoms with E-state index in [-0.39, 0.29) is 6.54 Å². The molecule has 29 heavy (non-hydrogen) atoms. The molecule has 1 aliphatic rings. The molecule has 0 unspecified atom stereocenters. The number of ether oxygens (including phenoxy) is 1. The molecular weight excluding hydrogens is 370 g/mol. The van der Waals surface area contributed by atoms with Crippen LogP contribution in [-0.2, 0) is 18.4 Å². The zero-order valence-electron chi connectivity index (χ0n) is 17.3. The molecular formula is C21H31N5O3. The van der Waals surface area contributed by atoms with Crippen LogP contribution in [0.15, 0.2) is 36.7 Å². The zero-order chi connectivity index (χ0) is 20.6. The Kier molecular flexibility index (Phi) is 7.48. The first kappa shape index (κ1) is 21.1. The Morgan fingerprint density at radius 1 is 1.24 bits per heavy atom. The highest BCUT2D eigenvalue weighted by atomic mass is 16.5. The van der Waals surface area contributed by atoms with Crippen LogP contribution in [0.25, 0.3) is 0 Å². The average molecular weight is 402 g/mol. The number of methoxy groups -OCH3 is 1. The van der Waals surface area contributed by atoms with Gasteiger partial charge in [0.1, 0.15) is 11.6 Å². The van der Waals surface area contributed by atoms with Gasteiger partial charge in [-0.1, -0.05) is 12.1 Å². The van der Waals surface area contributed by atoms with Crippen LogP contribution < -0.4 is 9.64 Å². The molecule has 0 aliphatic carbocycles. The normalized spacial score (nSPS) is 15.1. The van der Waals surface area contributed by atoms with Gasteiger partial charge in [0.15, 0.2) is 0 Å². The predicted molar refractivity (Wildman–Crippen MR) is 112 cm³/mol. The minimum atomic E-state index is -0.801. The lowest BCUT2D eigenvalue weighted by Gasteiger charge is -2.36. The summed E-state index contributed by atoms with van der Waals surface area (Å²) in [6, 6.07) is 8.14. The van der Waals surface area contributed by atoms with Gasteiger partial charge in [-0.15, -0.1) is 0 Å². The van der Waals surface area contributed by atoms with E-state index in [0.29, 0.717) is 6.54 Å². The van der Waals surface area contributed by atoms with Crippen molar-refractivity contribution in [3.63, 3.8) is 0 Å². The van der Waals surface area contributed by atoms with Gasteiger partial charge in [-0.25, -0.2) is 4.98 Å². The second-order valence-electron chi connectivity index (χ2n) is 7.41. The summed E-state index contributed by atoms with van der Waals surface area (Å²) >= 11 is 0. The number of imidazole rings is 1. The Hall–Kier alpha value is -2.58. The largest absolute Gasteiger partial charge is 0.495 e. The molecule has 1 aliphatic heterocycles. The van der Waals surface area contributed by atoms with Crippen molar-refractivity contribution in [1.29, 1.82) is 0 Å². The lowest BCUT2D eigenvalue weighted by Crippen LogP contribution is -2.47. The Bertz CT molecular complexity index is 786. The number of rotatable bonds is 10. The Labute approximate surface area is 172 Å². The van der Waals surface area contributed by atoms with Crippen LogP contribution in [-0.4, -0.2) is 83.3 Å². The lowest BCUT2D eigenvalue weighted by molar-refractivity contribution is -0.138. The van der Waals surface area contributed by atoms with E-state index in [1.807, 2.05) is 40.9 Å². The van der Waals surface area contributed by atoms with Crippen molar-refractivity contribution in [2.24, 2.45) is 7.05 Å². The first-order chi connectivity index (χ1) is 14.1. The van der Waals surface area contributed by atoms with Gasteiger partial charge in [0.05, 0.1) is 25.9 Å². The van der Waals surface area contributed by atoms with Crippen LogP contribution in [0.1, 0.15) is 12.2 Å². The van der Waals surface area contributed by atoms with Gasteiger partial charge < -0.3 is 19.3 Å². The highest BCUT2D eigenvalue weighted by Crippen LogP contribution is 2.28. The predicted octanol–water partition coefficient (Wildman–Crippen LogP) is 1.53. The van der Waals surface area contributed by atoms with Gasteiger partial charge in [0.2, 0.25) is 0 Å². The van der Waals surface area contributed by atoms with Crippen molar-refractivity contribution in [2.75, 3.05) is 57.8 Å². The molecule has 8 nitrogen and oxygen atoms in total. The van der Waals surface area contributed by atoms with Crippen LogP contribution in [0.3, 0.4) is 0 Å². The molecule has 0 spiro atoms. The SMILES string of the molecule is COc1ccccc1N1CCN(CCCN(CC(=O)O)Cc2nccn2C)CC1. The Morgan fingerprint density at radius 2 is 2.00 bits per heavy atom. The number of aliphatic carboxylic acids is 1. The highest BCUT2D eigenvalue weighted by molar-refractivity contribution is 5.69. The van der Waals surface area contributed by atoms with Gasteiger partial charge in [-0.2, -0.15) is 0 Å². The number of para-hydroxylation sites is 2. The fraction of sp³-hybridized carbons (Fsp3) is 0.524. The van der Waals surface area contributed by atoms with Crippen molar-refractivity contribution < 1.29 is 14.6 Å². The molecule has 8 heteroatoms. The molecule has 1 N–H and O–H groups in total. The summed E-state index contributed by atoms with van der Waals surface area (Å²) in [5.41, 5.74) is 1.15. The molecule has 2 aromatic rings. The van der Waals surface area contributed by atoms with Gasteiger partial charge in [-0.3, -0.25) is 14.6 Å². The zero-order valence-corrected chi connectivity index (χ0v) is 17.3. The van der Waals surface area contributed by atoms with Crippen molar-refractivity contribution >= 4 is 11.7 Å². The number of anilines is 1. The maximum absolute atomic E-state index is 11.2. The quantitative estimate of drug-likeness (QED) is 0.647. The number of aromatic nitrogens is 2. The third kappa shape index (κ3) is 5.95. The topological polar surface area (TPSA) is 74.1 Å². The molecule has 2 heterocycles. The number of hydrogen-bond acceptors (Lipinski definition) is 6. The Balaban J connectivity index is 1.45. The van der Waals surface area contributed by atoms with E-state index >= 15 is 0 Å². The van der Waals surface area contributed by atoms with Gasteiger partial charge >= 0.3 is 5.97 Å². The van der Waals surface area contributed by atoms with E-state index in [4.69, 9.17) is 4.74 Å². The summed E-state index contributed by atoms with van der Waals surface area (Å²) in [5, 5.41) is 9.21. The number of nitrogens with zero attached hydrogens (tertiary/aromatic N) is 5. The maximum atomic E-state index is 11.2. The number of hydrogen-bond donors (Lipinski definition) is 1. The molecule has 0 amide bonds. The van der Waals surface area contributed by atoms with Crippen LogP contribution >= 0.6 is 0 Å². The minimum absolute atomic E-state index is 0.0362. The van der Waals surface area contributed by atoms with Crippen LogP contribution in [0.5, 0.6) is 5.75 Å². The van der Waals surface area contributed by atoms with Crippen molar-refractivity contribution in [1.82, 2.24) is 19.4 Å². The van der Waals surface area contributed by atoms with Crippen molar-refractivity contribution in [2.45, 2.75) is 13.0 Å². The molecule has 0 radical (unpaired) electrons. The number of carbonyl (C=O) groups is 1. The average Bonchev–Trinajstić information content (AvgIpc) is 3.12. The second-order valence-corrected chi connectivity index (χ2v) is 7.41. The highest BCUT2D eigenvalue weighted by Gasteiger charge is 2.20. The summed E-state index contributed by atoms with van der Waals surface area (Å²) in [4.78, 5) is 22.3. The molecule has 1 fully saturated rings. The van der Waals surface area contributed by atoms with Gasteiger partial charge in [0.25, 0.3) is 0 Å². The lowest BCUT2D eigenvalue weighted by atomic mass is 10.2. The van der Waals surface area contributed by atoms with Crippen LogP contribution in [0, 0.1) is 0 Å². The first-order valence-corrected chi connectivity index (χ1v) is 10.1. The molecule has 3 rings (SSSR count). The summed E-state index contributed by atoms with van der Waals surface area (Å²) in [6.45, 7) is 6.22. The second kappa shape index (κ2) is 10.3. The fourth-order valence-corrected chi connectivity index (χ4v) is 3.78. The van der Waals surface area contributed by atoms with E-state index in [1.54, 1.807) is 13.3 Å². The summed E-state index contributed by atoms with van der Waals surface area (Å²) < 4.78 is 7.42. The van der Waals surface area contributed by atoms with E-state index < -0.39 is 5.97 Å². The number of carboxylic acids is 1. The molecule has 1 aromatic carbocycles. The smallest absolute Gasteiger partial charge is 0.317 e. The summed E-state index contributed by atoms with van der Waals surface area (Å²) in [5.74, 6) is 1.00. The molecule has 1 saturated heterocycles. The maximum Gasteiger partial charge on any atom is 0.317 e. The summed E-state index contributed by atoms with van der Waals surface area (Å²) in [7, 11) is 3.64. The van der Waals surface area contributed by atoms with Crippen LogP contribution in [0.4, 0.5) is 5.69 Å². The van der Waals surface area contributed by atoms with Gasteiger partial charge in [-0.05, 0) is 25.1 Å². The summed E-state index contributed by atoms with van der Waals surface area (Å²) in [6.07, 6.45) is 4.57. The van der Waals surface area contributed by atoms with E-state index in [9.17, 15) is 9.90 Å². The van der Waals surface area contributed by atoms with Gasteiger partial charge in [0, 0.05) is 52.2 Å². The van der Waals surface area contributed by atoms with E-state index in [0.717, 1.165) is 63.0 Å². The minimum Gasteiger partial charge on any atom is -0.495 e. The molecule has 0 atom stereocenters. The van der Waals surface area contributed by atoms with E-state index in [1.165, 1.54) is 0 Å². The standard InChI is InChI=1S/C21H31N5O3/c1-23-11-8-22-20(23)16-25(17-21(27)28)10-5-9-24-12-14-26(15-13-24)18-6-3-4-7-19(18)29-2/h3-4,6-8,11H,5,9-10,12-17H2,1-2H3,(H,27,28). The first-order valence-electron chi connectivity index (χ1n) is 10.1. The van der Waals surface area contributed by atoms with Crippen LogP contribution in [0.2, 0.25) is 0 Å². The third-order valence-corrected chi connectivity index (χ3v) is 5.39. The Morgan fingerprint density at radius 3 is 2.66 bits per heavy atom. The van der Waals surface area contributed by atoms with E-state index in [2.05, 4.69) is 20.9 Å².